The highest BCUT2D eigenvalue weighted by Gasteiger charge is 2.13. The predicted molar refractivity (Wildman–Crippen MR) is 114 cm³/mol. The fourth-order valence-corrected chi connectivity index (χ4v) is 3.54. The molecule has 0 saturated heterocycles. The van der Waals surface area contributed by atoms with Crippen LogP contribution in [0.4, 0.5) is 23.1 Å². The number of nitrogen functional groups attached to an aromatic ring is 2. The smallest absolute Gasteiger partial charge is 0.222 e. The van der Waals surface area contributed by atoms with Crippen LogP contribution in [0.25, 0.3) is 23.2 Å². The molecule has 1 aliphatic heterocycles. The van der Waals surface area contributed by atoms with Crippen LogP contribution in [0, 0.1) is 0 Å². The summed E-state index contributed by atoms with van der Waals surface area (Å²) in [5, 5.41) is 3.54. The first-order valence-electron chi connectivity index (χ1n) is 9.02. The number of hydrogen-bond acceptors (Lipinski definition) is 6. The maximum absolute atomic E-state index is 5.98. The molecule has 28 heavy (non-hydrogen) atoms. The average Bonchev–Trinajstić information content (AvgIpc) is 2.88. The lowest BCUT2D eigenvalue weighted by atomic mass is 10.00. The fraction of sp³-hybridized carbons (Fsp3) is 0.0455. The number of benzene rings is 2. The van der Waals surface area contributed by atoms with Crippen LogP contribution in [0.15, 0.2) is 54.6 Å². The van der Waals surface area contributed by atoms with Crippen LogP contribution in [-0.4, -0.2) is 15.0 Å². The van der Waals surface area contributed by atoms with Crippen molar-refractivity contribution in [2.45, 2.75) is 6.42 Å². The average molecular weight is 366 g/mol. The second kappa shape index (κ2) is 6.35. The molecule has 136 valence electrons. The van der Waals surface area contributed by atoms with Crippen molar-refractivity contribution in [3.8, 4) is 0 Å². The Labute approximate surface area is 162 Å². The van der Waals surface area contributed by atoms with E-state index in [0.717, 1.165) is 28.2 Å². The Morgan fingerprint density at radius 3 is 2.57 bits per heavy atom. The zero-order valence-electron chi connectivity index (χ0n) is 15.1. The third-order valence-electron chi connectivity index (χ3n) is 4.87. The second-order valence-electron chi connectivity index (χ2n) is 6.74. The molecule has 4 aromatic rings. The zero-order valence-corrected chi connectivity index (χ0v) is 15.1. The highest BCUT2D eigenvalue weighted by atomic mass is 15.0. The van der Waals surface area contributed by atoms with Crippen LogP contribution in [0.3, 0.4) is 0 Å². The van der Waals surface area contributed by atoms with Gasteiger partial charge in [-0.05, 0) is 35.4 Å². The topological polar surface area (TPSA) is 103 Å². The van der Waals surface area contributed by atoms with Crippen molar-refractivity contribution < 1.29 is 0 Å². The van der Waals surface area contributed by atoms with Gasteiger partial charge >= 0.3 is 0 Å². The van der Waals surface area contributed by atoms with Gasteiger partial charge in [-0.25, -0.2) is 9.97 Å². The van der Waals surface area contributed by atoms with E-state index in [2.05, 4.69) is 62.8 Å². The van der Waals surface area contributed by atoms with Gasteiger partial charge in [0.25, 0.3) is 0 Å². The molecule has 6 heteroatoms. The maximum atomic E-state index is 5.98. The van der Waals surface area contributed by atoms with Crippen molar-refractivity contribution in [1.82, 2.24) is 15.0 Å². The minimum atomic E-state index is 0.156. The van der Waals surface area contributed by atoms with Crippen LogP contribution in [-0.2, 0) is 6.42 Å². The standard InChI is InChI=1S/C22H18N6/c23-21-20-19(27-22(24)28-21)11-9-15(25-20)12-14-5-3-7-18-16(14)10-8-13-4-1-2-6-17(13)26-18/h1-11,26H,12H2,(H4,23,24,27,28). The van der Waals surface area contributed by atoms with Gasteiger partial charge in [0.1, 0.15) is 5.52 Å². The lowest BCUT2D eigenvalue weighted by Gasteiger charge is -2.13. The largest absolute Gasteiger partial charge is 0.382 e. The molecule has 2 aromatic heterocycles. The number of para-hydroxylation sites is 1. The fourth-order valence-electron chi connectivity index (χ4n) is 3.54. The number of hydrogen-bond donors (Lipinski definition) is 3. The first-order valence-corrected chi connectivity index (χ1v) is 9.02. The summed E-state index contributed by atoms with van der Waals surface area (Å²) in [4.78, 5) is 12.9. The summed E-state index contributed by atoms with van der Waals surface area (Å²) in [6, 6.07) is 18.4. The Morgan fingerprint density at radius 1 is 0.786 bits per heavy atom. The van der Waals surface area contributed by atoms with Crippen LogP contribution in [0.5, 0.6) is 0 Å². The highest BCUT2D eigenvalue weighted by molar-refractivity contribution is 5.89. The molecule has 3 heterocycles. The number of nitrogens with two attached hydrogens (primary N) is 2. The summed E-state index contributed by atoms with van der Waals surface area (Å²) in [5.41, 5.74) is 19.5. The van der Waals surface area contributed by atoms with E-state index in [1.165, 1.54) is 5.56 Å². The van der Waals surface area contributed by atoms with Crippen LogP contribution in [0.2, 0.25) is 0 Å². The molecule has 0 aliphatic carbocycles. The van der Waals surface area contributed by atoms with Crippen LogP contribution < -0.4 is 16.8 Å². The van der Waals surface area contributed by atoms with Gasteiger partial charge in [0, 0.05) is 29.1 Å². The molecule has 0 spiro atoms. The molecule has 5 rings (SSSR count). The van der Waals surface area contributed by atoms with Gasteiger partial charge in [0.05, 0.1) is 5.52 Å². The number of nitrogens with zero attached hydrogens (tertiary/aromatic N) is 3. The molecule has 0 unspecified atom stereocenters. The monoisotopic (exact) mass is 366 g/mol. The van der Waals surface area contributed by atoms with Gasteiger partial charge in [0.2, 0.25) is 5.95 Å². The Bertz CT molecular complexity index is 1250. The summed E-state index contributed by atoms with van der Waals surface area (Å²) < 4.78 is 0. The first-order chi connectivity index (χ1) is 13.7. The Morgan fingerprint density at radius 2 is 1.64 bits per heavy atom. The van der Waals surface area contributed by atoms with E-state index in [1.807, 2.05) is 24.3 Å². The molecular weight excluding hydrogens is 348 g/mol. The number of anilines is 4. The summed E-state index contributed by atoms with van der Waals surface area (Å²) in [7, 11) is 0. The minimum absolute atomic E-state index is 0.156. The number of rotatable bonds is 2. The molecule has 6 nitrogen and oxygen atoms in total. The van der Waals surface area contributed by atoms with E-state index in [4.69, 9.17) is 11.5 Å². The van der Waals surface area contributed by atoms with Crippen molar-refractivity contribution in [3.63, 3.8) is 0 Å². The normalized spacial score (nSPS) is 12.1. The number of fused-ring (bicyclic) bond motifs is 3. The molecule has 1 aliphatic rings. The van der Waals surface area contributed by atoms with Gasteiger partial charge in [-0.2, -0.15) is 4.98 Å². The third-order valence-corrected chi connectivity index (χ3v) is 4.87. The Balaban J connectivity index is 1.55. The molecule has 0 amide bonds. The maximum Gasteiger partial charge on any atom is 0.222 e. The van der Waals surface area contributed by atoms with Crippen molar-refractivity contribution in [2.75, 3.05) is 16.8 Å². The van der Waals surface area contributed by atoms with Crippen molar-refractivity contribution >= 4 is 46.3 Å². The van der Waals surface area contributed by atoms with E-state index in [0.29, 0.717) is 23.3 Å². The number of aromatic nitrogens is 3. The summed E-state index contributed by atoms with van der Waals surface area (Å²) in [5.74, 6) is 0.456. The van der Waals surface area contributed by atoms with E-state index in [9.17, 15) is 0 Å². The minimum Gasteiger partial charge on any atom is -0.382 e. The lowest BCUT2D eigenvalue weighted by molar-refractivity contribution is 1.09. The summed E-state index contributed by atoms with van der Waals surface area (Å²) >= 11 is 0. The number of pyridine rings is 1. The van der Waals surface area contributed by atoms with Crippen molar-refractivity contribution in [3.05, 3.63) is 77.0 Å². The second-order valence-corrected chi connectivity index (χ2v) is 6.74. The van der Waals surface area contributed by atoms with Crippen molar-refractivity contribution in [2.24, 2.45) is 0 Å². The molecular formula is C22H18N6. The first kappa shape index (κ1) is 16.3. The zero-order chi connectivity index (χ0) is 19.1. The van der Waals surface area contributed by atoms with Gasteiger partial charge < -0.3 is 16.8 Å². The molecule has 0 fully saturated rings. The van der Waals surface area contributed by atoms with E-state index < -0.39 is 0 Å². The Kier molecular flexibility index (Phi) is 3.69. The van der Waals surface area contributed by atoms with Crippen LogP contribution in [0.1, 0.15) is 22.4 Å². The SMILES string of the molecule is Nc1nc(N)c2nc(Cc3cccc4c3C=Cc3ccccc3N4)ccc2n1. The summed E-state index contributed by atoms with van der Waals surface area (Å²) in [6.45, 7) is 0. The summed E-state index contributed by atoms with van der Waals surface area (Å²) in [6.07, 6.45) is 4.97. The Hall–Kier alpha value is -3.93. The molecule has 0 bridgehead atoms. The van der Waals surface area contributed by atoms with E-state index >= 15 is 0 Å². The van der Waals surface area contributed by atoms with Gasteiger partial charge in [-0.3, -0.25) is 0 Å². The van der Waals surface area contributed by atoms with Gasteiger partial charge in [-0.1, -0.05) is 42.5 Å². The van der Waals surface area contributed by atoms with Gasteiger partial charge in [0.15, 0.2) is 5.82 Å². The number of nitrogens with one attached hydrogen (secondary N) is 1. The lowest BCUT2D eigenvalue weighted by Crippen LogP contribution is -2.04. The van der Waals surface area contributed by atoms with Gasteiger partial charge in [-0.15, -0.1) is 0 Å². The van der Waals surface area contributed by atoms with Crippen LogP contribution >= 0.6 is 0 Å². The predicted octanol–water partition coefficient (Wildman–Crippen LogP) is 4.01. The third kappa shape index (κ3) is 2.81. The highest BCUT2D eigenvalue weighted by Crippen LogP contribution is 2.33. The molecule has 0 radical (unpaired) electrons. The van der Waals surface area contributed by atoms with E-state index in [1.54, 1.807) is 0 Å². The van der Waals surface area contributed by atoms with E-state index in [-0.39, 0.29) is 5.95 Å². The van der Waals surface area contributed by atoms with Crippen molar-refractivity contribution in [1.29, 1.82) is 0 Å². The quantitative estimate of drug-likeness (QED) is 0.436. The molecule has 5 N–H and O–H groups in total. The molecule has 0 saturated carbocycles. The molecule has 2 aromatic carbocycles. The molecule has 0 atom stereocenters.